The molecule has 2 rings (SSSR count). The first kappa shape index (κ1) is 22.9. The summed E-state index contributed by atoms with van der Waals surface area (Å²) in [5.41, 5.74) is 0.420. The second kappa shape index (κ2) is 8.69. The minimum atomic E-state index is -4.76. The van der Waals surface area contributed by atoms with Crippen LogP contribution in [-0.2, 0) is 12.4 Å². The molecule has 1 saturated heterocycles. The van der Waals surface area contributed by atoms with Crippen molar-refractivity contribution in [3.63, 3.8) is 0 Å². The van der Waals surface area contributed by atoms with Crippen LogP contribution in [0.3, 0.4) is 0 Å². The van der Waals surface area contributed by atoms with Gasteiger partial charge in [0, 0.05) is 11.1 Å². The summed E-state index contributed by atoms with van der Waals surface area (Å²) in [6.45, 7) is 9.72. The van der Waals surface area contributed by atoms with E-state index in [-0.39, 0.29) is 21.3 Å². The summed E-state index contributed by atoms with van der Waals surface area (Å²) in [5.74, 6) is -0.237. The Labute approximate surface area is 157 Å². The Morgan fingerprint density at radius 2 is 1.62 bits per heavy atom. The van der Waals surface area contributed by atoms with Crippen molar-refractivity contribution < 1.29 is 27.0 Å². The van der Waals surface area contributed by atoms with E-state index in [4.69, 9.17) is 9.35 Å². The van der Waals surface area contributed by atoms with Crippen molar-refractivity contribution in [3.05, 3.63) is 24.3 Å². The van der Waals surface area contributed by atoms with Crippen molar-refractivity contribution in [2.45, 2.75) is 65.0 Å². The van der Waals surface area contributed by atoms with Gasteiger partial charge in [-0.25, -0.2) is 0 Å². The van der Waals surface area contributed by atoms with Crippen LogP contribution < -0.4 is 9.67 Å². The van der Waals surface area contributed by atoms with E-state index >= 15 is 0 Å². The zero-order valence-electron chi connectivity index (χ0n) is 15.9. The van der Waals surface area contributed by atoms with Gasteiger partial charge in [-0.05, 0) is 47.0 Å². The number of amides is 1. The molecular weight excluding hydrogens is 403 g/mol. The topological polar surface area (TPSA) is 119 Å². The smallest absolute Gasteiger partial charge is 0.0410 e. The predicted octanol–water partition coefficient (Wildman–Crippen LogP) is 2.12. The third kappa shape index (κ3) is 6.23. The molecule has 1 aromatic rings. The molecule has 0 aromatic heterocycles. The van der Waals surface area contributed by atoms with E-state index < -0.39 is 14.2 Å². The molecule has 1 amide bonds. The van der Waals surface area contributed by atoms with Crippen LogP contribution in [0.25, 0.3) is 0 Å². The Kier molecular flexibility index (Phi) is 7.65. The average Bonchev–Trinajstić information content (AvgIpc) is 2.53. The molecule has 1 aliphatic heterocycles. The first-order chi connectivity index (χ1) is 11.8. The molecule has 0 aliphatic carbocycles. The van der Waals surface area contributed by atoms with E-state index in [1.807, 2.05) is 0 Å². The molecule has 0 saturated carbocycles. The number of carbonyl (C=O) groups is 1. The summed E-state index contributed by atoms with van der Waals surface area (Å²) < 4.78 is 23.8. The summed E-state index contributed by atoms with van der Waals surface area (Å²) in [6.07, 6.45) is 3.40. The van der Waals surface area contributed by atoms with E-state index in [9.17, 15) is 13.7 Å². The quantitative estimate of drug-likeness (QED) is 0.328. The Bertz CT molecular complexity index is 644. The maximum absolute atomic E-state index is 11.2. The maximum Gasteiger partial charge on any atom is 0.0410 e. The standard InChI is InChI=1S/C9H19NO.C8H10AsNO5/c1-8(2)6-5-7-9(3,4)10(8)11;1-6(11)10-8-4-2-7(3-5-8)9(12,13)15-14/h11H,5-7H2,1-4H3;2-5,14H,1H3,(H,10,11)(H,12,13). The molecule has 1 fully saturated rings. The number of nitrogens with one attached hydrogen (secondary N) is 1. The molecule has 8 nitrogen and oxygen atoms in total. The van der Waals surface area contributed by atoms with Gasteiger partial charge >= 0.3 is 88.4 Å². The van der Waals surface area contributed by atoms with Gasteiger partial charge in [0.05, 0.1) is 0 Å². The van der Waals surface area contributed by atoms with Crippen LogP contribution in [0.5, 0.6) is 0 Å². The third-order valence-electron chi connectivity index (χ3n) is 4.35. The summed E-state index contributed by atoms with van der Waals surface area (Å²) in [4.78, 5) is 10.7. The van der Waals surface area contributed by atoms with E-state index in [0.29, 0.717) is 5.69 Å². The van der Waals surface area contributed by atoms with Gasteiger partial charge in [-0.15, -0.1) is 0 Å². The SMILES string of the molecule is CC(=O)Nc1ccc([As](=O)(O)OO)cc1.CC1(C)CCCC(C)(C)N1O. The minimum absolute atomic E-state index is 0.00438. The van der Waals surface area contributed by atoms with E-state index in [0.717, 1.165) is 12.8 Å². The second-order valence-corrected chi connectivity index (χ2v) is 11.2. The van der Waals surface area contributed by atoms with E-state index in [1.54, 1.807) is 0 Å². The van der Waals surface area contributed by atoms with Crippen LogP contribution in [0.4, 0.5) is 5.69 Å². The molecule has 1 unspecified atom stereocenters. The molecule has 0 spiro atoms. The number of carbonyl (C=O) groups excluding carboxylic acids is 1. The molecule has 0 radical (unpaired) electrons. The Balaban J connectivity index is 0.000000273. The minimum Gasteiger partial charge on any atom is -0.313 e. The molecule has 1 aliphatic rings. The number of hydrogen-bond acceptors (Lipinski definition) is 6. The maximum atomic E-state index is 11.2. The number of anilines is 1. The van der Waals surface area contributed by atoms with Crippen molar-refractivity contribution in [1.82, 2.24) is 5.06 Å². The summed E-state index contributed by atoms with van der Waals surface area (Å²) in [6, 6.07) is 5.50. The Morgan fingerprint density at radius 1 is 1.15 bits per heavy atom. The largest absolute Gasteiger partial charge is 0.313 e. The molecule has 0 bridgehead atoms. The third-order valence-corrected chi connectivity index (χ3v) is 6.81. The Morgan fingerprint density at radius 3 is 1.96 bits per heavy atom. The average molecular weight is 432 g/mol. The van der Waals surface area contributed by atoms with Crippen LogP contribution in [0.1, 0.15) is 53.9 Å². The first-order valence-electron chi connectivity index (χ1n) is 8.35. The number of piperidine rings is 1. The molecule has 26 heavy (non-hydrogen) atoms. The predicted molar refractivity (Wildman–Crippen MR) is 98.4 cm³/mol. The monoisotopic (exact) mass is 432 g/mol. The summed E-state index contributed by atoms with van der Waals surface area (Å²) in [5, 5.41) is 22.0. The van der Waals surface area contributed by atoms with Crippen LogP contribution in [-0.4, -0.2) is 50.8 Å². The number of hydroxylamine groups is 2. The van der Waals surface area contributed by atoms with E-state index in [1.165, 1.54) is 42.7 Å². The van der Waals surface area contributed by atoms with Crippen molar-refractivity contribution in [3.8, 4) is 0 Å². The molecule has 1 heterocycles. The van der Waals surface area contributed by atoms with Crippen LogP contribution in [0, 0.1) is 0 Å². The molecule has 148 valence electrons. The normalized spacial score (nSPS) is 21.1. The summed E-state index contributed by atoms with van der Waals surface area (Å²) >= 11 is -4.76. The van der Waals surface area contributed by atoms with Crippen molar-refractivity contribution in [1.29, 1.82) is 0 Å². The molecule has 4 N–H and O–H groups in total. The Hall–Kier alpha value is -1.15. The van der Waals surface area contributed by atoms with Gasteiger partial charge < -0.3 is 5.21 Å². The van der Waals surface area contributed by atoms with Crippen molar-refractivity contribution in [2.24, 2.45) is 0 Å². The molecule has 1 aromatic carbocycles. The van der Waals surface area contributed by atoms with Crippen molar-refractivity contribution in [2.75, 3.05) is 5.32 Å². The number of benzene rings is 1. The van der Waals surface area contributed by atoms with Crippen LogP contribution >= 0.6 is 0 Å². The van der Waals surface area contributed by atoms with Gasteiger partial charge in [0.25, 0.3) is 0 Å². The fourth-order valence-electron chi connectivity index (χ4n) is 2.97. The summed E-state index contributed by atoms with van der Waals surface area (Å²) in [7, 11) is 0. The molecule has 9 heteroatoms. The zero-order chi connectivity index (χ0) is 20.2. The second-order valence-electron chi connectivity index (χ2n) is 7.62. The van der Waals surface area contributed by atoms with Gasteiger partial charge in [0.2, 0.25) is 0 Å². The molecule has 1 atom stereocenters. The van der Waals surface area contributed by atoms with Crippen LogP contribution in [0.2, 0.25) is 0 Å². The van der Waals surface area contributed by atoms with Gasteiger partial charge in [-0.1, -0.05) is 0 Å². The number of rotatable bonds is 3. The van der Waals surface area contributed by atoms with Gasteiger partial charge in [-0.3, -0.25) is 0 Å². The van der Waals surface area contributed by atoms with Gasteiger partial charge in [0.1, 0.15) is 0 Å². The molecular formula is C17H29AsN2O6. The van der Waals surface area contributed by atoms with Gasteiger partial charge in [0.15, 0.2) is 0 Å². The number of nitrogens with zero attached hydrogens (tertiary/aromatic N) is 1. The van der Waals surface area contributed by atoms with Crippen molar-refractivity contribution >= 4 is 30.1 Å². The van der Waals surface area contributed by atoms with Crippen LogP contribution in [0.15, 0.2) is 24.3 Å². The van der Waals surface area contributed by atoms with E-state index in [2.05, 4.69) is 36.9 Å². The fraction of sp³-hybridized carbons (Fsp3) is 0.588. The fourth-order valence-corrected chi connectivity index (χ4v) is 4.27. The number of hydrogen-bond donors (Lipinski definition) is 4. The first-order valence-corrected chi connectivity index (χ1v) is 11.7. The van der Waals surface area contributed by atoms with Gasteiger partial charge in [-0.2, -0.15) is 5.06 Å². The zero-order valence-corrected chi connectivity index (χ0v) is 17.8.